The van der Waals surface area contributed by atoms with Crippen LogP contribution in [0.5, 0.6) is 0 Å². The summed E-state index contributed by atoms with van der Waals surface area (Å²) < 4.78 is 30.1. The van der Waals surface area contributed by atoms with Crippen LogP contribution in [0.1, 0.15) is 46.1 Å². The molecule has 144 valence electrons. The van der Waals surface area contributed by atoms with Crippen molar-refractivity contribution in [1.29, 1.82) is 0 Å². The van der Waals surface area contributed by atoms with Crippen molar-refractivity contribution in [2.75, 3.05) is 6.54 Å². The molecule has 1 fully saturated rings. The van der Waals surface area contributed by atoms with E-state index >= 15 is 0 Å². The number of carbonyl (C=O) groups is 1. The average molecular weight is 381 g/mol. The van der Waals surface area contributed by atoms with Crippen LogP contribution in [-0.2, 0) is 14.8 Å². The molecular formula is C18H27N3O4S. The first-order valence-electron chi connectivity index (χ1n) is 8.62. The second kappa shape index (κ2) is 7.65. The summed E-state index contributed by atoms with van der Waals surface area (Å²) >= 11 is 0. The molecule has 0 unspecified atom stereocenters. The van der Waals surface area contributed by atoms with E-state index in [0.717, 1.165) is 18.4 Å². The van der Waals surface area contributed by atoms with Crippen LogP contribution in [-0.4, -0.2) is 43.3 Å². The lowest BCUT2D eigenvalue weighted by Gasteiger charge is -2.28. The minimum Gasteiger partial charge on any atom is -0.444 e. The molecule has 7 nitrogen and oxygen atoms in total. The number of hydrogen-bond donors (Lipinski definition) is 1. The van der Waals surface area contributed by atoms with E-state index in [2.05, 4.69) is 9.93 Å². The van der Waals surface area contributed by atoms with Crippen LogP contribution >= 0.6 is 0 Å². The highest BCUT2D eigenvalue weighted by Crippen LogP contribution is 2.22. The van der Waals surface area contributed by atoms with Crippen LogP contribution in [0, 0.1) is 6.92 Å². The largest absolute Gasteiger partial charge is 0.444 e. The van der Waals surface area contributed by atoms with Crippen LogP contribution in [0.4, 0.5) is 4.79 Å². The van der Waals surface area contributed by atoms with E-state index in [1.165, 1.54) is 12.1 Å². The Bertz CT molecular complexity index is 780. The van der Waals surface area contributed by atoms with Gasteiger partial charge in [0.05, 0.1) is 16.6 Å². The number of ether oxygens (including phenoxy) is 1. The highest BCUT2D eigenvalue weighted by molar-refractivity contribution is 7.89. The third kappa shape index (κ3) is 5.20. The zero-order chi connectivity index (χ0) is 19.5. The summed E-state index contributed by atoms with van der Waals surface area (Å²) in [7, 11) is -3.74. The number of aryl methyl sites for hydroxylation is 1. The Balaban J connectivity index is 2.10. The topological polar surface area (TPSA) is 88.1 Å². The summed E-state index contributed by atoms with van der Waals surface area (Å²) in [5.41, 5.74) is 0.925. The van der Waals surface area contributed by atoms with Crippen molar-refractivity contribution < 1.29 is 17.9 Å². The molecule has 0 spiro atoms. The Kier molecular flexibility index (Phi) is 5.95. The lowest BCUT2D eigenvalue weighted by molar-refractivity contribution is 0.0265. The van der Waals surface area contributed by atoms with Crippen molar-refractivity contribution in [1.82, 2.24) is 9.73 Å². The lowest BCUT2D eigenvalue weighted by atomic mass is 10.1. The average Bonchev–Trinajstić information content (AvgIpc) is 3.01. The van der Waals surface area contributed by atoms with E-state index in [9.17, 15) is 13.2 Å². The fourth-order valence-corrected chi connectivity index (χ4v) is 3.58. The first kappa shape index (κ1) is 20.2. The Morgan fingerprint density at radius 1 is 1.27 bits per heavy atom. The van der Waals surface area contributed by atoms with Gasteiger partial charge in [0.2, 0.25) is 0 Å². The van der Waals surface area contributed by atoms with Gasteiger partial charge in [-0.1, -0.05) is 17.7 Å². The van der Waals surface area contributed by atoms with Crippen molar-refractivity contribution >= 4 is 21.8 Å². The number of sulfonamides is 1. The number of amides is 1. The molecule has 0 bridgehead atoms. The van der Waals surface area contributed by atoms with Gasteiger partial charge < -0.3 is 4.74 Å². The monoisotopic (exact) mass is 381 g/mol. The van der Waals surface area contributed by atoms with Crippen molar-refractivity contribution in [3.05, 3.63) is 29.8 Å². The Hall–Kier alpha value is -2.09. The number of nitrogens with zero attached hydrogens (tertiary/aromatic N) is 2. The Morgan fingerprint density at radius 3 is 2.46 bits per heavy atom. The molecule has 26 heavy (non-hydrogen) atoms. The smallest absolute Gasteiger partial charge is 0.410 e. The minimum atomic E-state index is -3.74. The van der Waals surface area contributed by atoms with Crippen molar-refractivity contribution in [2.45, 2.75) is 64.0 Å². The molecule has 1 N–H and O–H groups in total. The van der Waals surface area contributed by atoms with E-state index in [1.807, 2.05) is 27.7 Å². The molecule has 1 atom stereocenters. The predicted octanol–water partition coefficient (Wildman–Crippen LogP) is 3.05. The maximum Gasteiger partial charge on any atom is 0.410 e. The van der Waals surface area contributed by atoms with E-state index in [4.69, 9.17) is 4.74 Å². The molecule has 2 rings (SSSR count). The molecule has 0 aliphatic carbocycles. The van der Waals surface area contributed by atoms with Crippen LogP contribution in [0.3, 0.4) is 0 Å². The first-order valence-corrected chi connectivity index (χ1v) is 10.1. The van der Waals surface area contributed by atoms with Gasteiger partial charge in [-0.3, -0.25) is 4.90 Å². The normalized spacial score (nSPS) is 18.7. The van der Waals surface area contributed by atoms with E-state index in [1.54, 1.807) is 24.0 Å². The van der Waals surface area contributed by atoms with Gasteiger partial charge in [-0.05, 0) is 59.6 Å². The summed E-state index contributed by atoms with van der Waals surface area (Å²) in [6.45, 7) is 9.60. The summed E-state index contributed by atoms with van der Waals surface area (Å²) in [5, 5.41) is 4.04. The van der Waals surface area contributed by atoms with E-state index in [0.29, 0.717) is 12.3 Å². The van der Waals surface area contributed by atoms with Gasteiger partial charge in [0.15, 0.2) is 0 Å². The van der Waals surface area contributed by atoms with Gasteiger partial charge in [-0.25, -0.2) is 9.63 Å². The van der Waals surface area contributed by atoms with Crippen molar-refractivity contribution in [3.63, 3.8) is 0 Å². The quantitative estimate of drug-likeness (QED) is 0.641. The third-order valence-electron chi connectivity index (χ3n) is 4.04. The van der Waals surface area contributed by atoms with Gasteiger partial charge in [0.25, 0.3) is 10.0 Å². The summed E-state index contributed by atoms with van der Waals surface area (Å²) in [6.07, 6.45) is 1.14. The second-order valence-electron chi connectivity index (χ2n) is 7.49. The number of rotatable bonds is 4. The Morgan fingerprint density at radius 2 is 1.88 bits per heavy atom. The standard InChI is InChI=1S/C18H27N3O4S/c1-13-8-10-15(11-9-13)26(23,24)20-19-14(2)16-7-6-12-21(16)17(22)25-18(3,4)5/h8-11,16,20H,6-7,12H2,1-5H3/b19-14+/t16-/m0/s1. The molecular weight excluding hydrogens is 354 g/mol. The molecule has 1 aromatic rings. The molecule has 0 radical (unpaired) electrons. The minimum absolute atomic E-state index is 0.148. The van der Waals surface area contributed by atoms with Crippen LogP contribution in [0.15, 0.2) is 34.3 Å². The van der Waals surface area contributed by atoms with Gasteiger partial charge >= 0.3 is 6.09 Å². The molecule has 1 aromatic carbocycles. The zero-order valence-electron chi connectivity index (χ0n) is 15.9. The van der Waals surface area contributed by atoms with E-state index in [-0.39, 0.29) is 10.9 Å². The molecule has 1 saturated heterocycles. The van der Waals surface area contributed by atoms with Crippen molar-refractivity contribution in [2.24, 2.45) is 5.10 Å². The fourth-order valence-electron chi connectivity index (χ4n) is 2.72. The highest BCUT2D eigenvalue weighted by Gasteiger charge is 2.34. The van der Waals surface area contributed by atoms with E-state index < -0.39 is 21.7 Å². The maximum atomic E-state index is 12.3. The highest BCUT2D eigenvalue weighted by atomic mass is 32.2. The molecule has 0 aromatic heterocycles. The first-order chi connectivity index (χ1) is 12.0. The molecule has 8 heteroatoms. The number of hydrazone groups is 1. The molecule has 1 aliphatic rings. The summed E-state index contributed by atoms with van der Waals surface area (Å²) in [4.78, 5) is 16.4. The zero-order valence-corrected chi connectivity index (χ0v) is 16.8. The number of benzene rings is 1. The number of likely N-dealkylation sites (tertiary alicyclic amines) is 1. The molecule has 1 amide bonds. The maximum absolute atomic E-state index is 12.3. The Labute approximate surface area is 155 Å². The van der Waals surface area contributed by atoms with Crippen LogP contribution in [0.25, 0.3) is 0 Å². The third-order valence-corrected chi connectivity index (χ3v) is 5.26. The van der Waals surface area contributed by atoms with Crippen LogP contribution in [0.2, 0.25) is 0 Å². The molecule has 1 aliphatic heterocycles. The summed E-state index contributed by atoms with van der Waals surface area (Å²) in [5.74, 6) is 0. The fraction of sp³-hybridized carbons (Fsp3) is 0.556. The van der Waals surface area contributed by atoms with Crippen LogP contribution < -0.4 is 4.83 Å². The van der Waals surface area contributed by atoms with Gasteiger partial charge in [-0.15, -0.1) is 0 Å². The van der Waals surface area contributed by atoms with Gasteiger partial charge in [0, 0.05) is 6.54 Å². The number of hydrogen-bond acceptors (Lipinski definition) is 5. The van der Waals surface area contributed by atoms with Gasteiger partial charge in [0.1, 0.15) is 5.60 Å². The number of carbonyl (C=O) groups excluding carboxylic acids is 1. The molecule has 0 saturated carbocycles. The SMILES string of the molecule is C/C(=N\NS(=O)(=O)c1ccc(C)cc1)[C@@H]1CCCN1C(=O)OC(C)(C)C. The second-order valence-corrected chi connectivity index (χ2v) is 9.15. The van der Waals surface area contributed by atoms with Gasteiger partial charge in [-0.2, -0.15) is 13.5 Å². The lowest BCUT2D eigenvalue weighted by Crippen LogP contribution is -2.43. The predicted molar refractivity (Wildman–Crippen MR) is 101 cm³/mol. The molecule has 1 heterocycles. The number of nitrogens with one attached hydrogen (secondary N) is 1. The summed E-state index contributed by atoms with van der Waals surface area (Å²) in [6, 6.07) is 6.25. The van der Waals surface area contributed by atoms with Crippen molar-refractivity contribution in [3.8, 4) is 0 Å².